The second-order valence-electron chi connectivity index (χ2n) is 4.40. The smallest absolute Gasteiger partial charge is 0.165 e. The molecule has 0 atom stereocenters. The van der Waals surface area contributed by atoms with Gasteiger partial charge in [0.15, 0.2) is 11.5 Å². The molecule has 1 fully saturated rings. The Labute approximate surface area is 108 Å². The maximum absolute atomic E-state index is 8.89. The van der Waals surface area contributed by atoms with Crippen LogP contribution in [0.2, 0.25) is 0 Å². The molecule has 1 aliphatic rings. The van der Waals surface area contributed by atoms with Crippen molar-refractivity contribution in [2.45, 2.75) is 32.4 Å². The first-order valence-electron chi connectivity index (χ1n) is 6.57. The molecular formula is C14H21NO3. The molecule has 2 N–H and O–H groups in total. The van der Waals surface area contributed by atoms with Crippen LogP contribution in [0.4, 0.5) is 0 Å². The molecule has 0 spiro atoms. The van der Waals surface area contributed by atoms with E-state index in [1.807, 2.05) is 25.1 Å². The van der Waals surface area contributed by atoms with Crippen molar-refractivity contribution in [2.24, 2.45) is 0 Å². The van der Waals surface area contributed by atoms with Gasteiger partial charge >= 0.3 is 0 Å². The molecule has 1 aliphatic carbocycles. The molecule has 4 nitrogen and oxygen atoms in total. The number of aliphatic hydroxyl groups is 1. The molecule has 0 bridgehead atoms. The van der Waals surface area contributed by atoms with Crippen molar-refractivity contribution in [3.05, 3.63) is 23.8 Å². The van der Waals surface area contributed by atoms with Gasteiger partial charge in [-0.15, -0.1) is 0 Å². The molecular weight excluding hydrogens is 230 g/mol. The second-order valence-corrected chi connectivity index (χ2v) is 4.40. The zero-order valence-electron chi connectivity index (χ0n) is 10.8. The highest BCUT2D eigenvalue weighted by atomic mass is 16.5. The number of nitrogens with one attached hydrogen (secondary N) is 1. The number of ether oxygens (including phenoxy) is 2. The lowest BCUT2D eigenvalue weighted by Crippen LogP contribution is -2.17. The fraction of sp³-hybridized carbons (Fsp3) is 0.571. The number of rotatable bonds is 8. The summed E-state index contributed by atoms with van der Waals surface area (Å²) in [6, 6.07) is 6.56. The Morgan fingerprint density at radius 1 is 1.33 bits per heavy atom. The van der Waals surface area contributed by atoms with Crippen molar-refractivity contribution in [2.75, 3.05) is 19.8 Å². The molecule has 4 heteroatoms. The molecule has 2 rings (SSSR count). The van der Waals surface area contributed by atoms with Gasteiger partial charge in [0.05, 0.1) is 13.2 Å². The Morgan fingerprint density at radius 3 is 2.83 bits per heavy atom. The summed E-state index contributed by atoms with van der Waals surface area (Å²) in [5.41, 5.74) is 1.08. The van der Waals surface area contributed by atoms with Gasteiger partial charge in [-0.05, 0) is 25.8 Å². The molecule has 100 valence electrons. The number of para-hydroxylation sites is 1. The number of benzene rings is 1. The van der Waals surface area contributed by atoms with Crippen LogP contribution in [0.5, 0.6) is 11.5 Å². The van der Waals surface area contributed by atoms with E-state index in [2.05, 4.69) is 5.32 Å². The SMILES string of the molecule is CCOc1cccc(CNC2CC2)c1OCCO. The number of aliphatic hydroxyl groups excluding tert-OH is 1. The number of hydrogen-bond donors (Lipinski definition) is 2. The topological polar surface area (TPSA) is 50.7 Å². The summed E-state index contributed by atoms with van der Waals surface area (Å²) in [5, 5.41) is 12.3. The minimum absolute atomic E-state index is 0.00987. The lowest BCUT2D eigenvalue weighted by molar-refractivity contribution is 0.193. The van der Waals surface area contributed by atoms with Crippen LogP contribution in [-0.2, 0) is 6.54 Å². The van der Waals surface area contributed by atoms with Crippen LogP contribution in [0, 0.1) is 0 Å². The number of hydrogen-bond acceptors (Lipinski definition) is 4. The van der Waals surface area contributed by atoms with E-state index in [4.69, 9.17) is 14.6 Å². The monoisotopic (exact) mass is 251 g/mol. The van der Waals surface area contributed by atoms with Crippen molar-refractivity contribution in [1.82, 2.24) is 5.32 Å². The van der Waals surface area contributed by atoms with Crippen LogP contribution in [0.3, 0.4) is 0 Å². The van der Waals surface area contributed by atoms with Gasteiger partial charge in [-0.25, -0.2) is 0 Å². The highest BCUT2D eigenvalue weighted by Crippen LogP contribution is 2.32. The van der Waals surface area contributed by atoms with Gasteiger partial charge in [-0.1, -0.05) is 12.1 Å². The van der Waals surface area contributed by atoms with E-state index in [0.717, 1.165) is 23.6 Å². The second kappa shape index (κ2) is 6.61. The summed E-state index contributed by atoms with van der Waals surface area (Å²) < 4.78 is 11.2. The van der Waals surface area contributed by atoms with E-state index < -0.39 is 0 Å². The highest BCUT2D eigenvalue weighted by Gasteiger charge is 2.21. The Hall–Kier alpha value is -1.26. The fourth-order valence-corrected chi connectivity index (χ4v) is 1.82. The van der Waals surface area contributed by atoms with Gasteiger partial charge in [0, 0.05) is 18.2 Å². The molecule has 1 aromatic rings. The van der Waals surface area contributed by atoms with Gasteiger partial charge in [-0.2, -0.15) is 0 Å². The predicted octanol–water partition coefficient (Wildman–Crippen LogP) is 1.71. The Balaban J connectivity index is 2.09. The lowest BCUT2D eigenvalue weighted by atomic mass is 10.2. The van der Waals surface area contributed by atoms with E-state index >= 15 is 0 Å². The van der Waals surface area contributed by atoms with Crippen molar-refractivity contribution in [3.63, 3.8) is 0 Å². The van der Waals surface area contributed by atoms with Crippen LogP contribution in [0.25, 0.3) is 0 Å². The van der Waals surface area contributed by atoms with Gasteiger partial charge in [0.2, 0.25) is 0 Å². The fourth-order valence-electron chi connectivity index (χ4n) is 1.82. The quantitative estimate of drug-likeness (QED) is 0.738. The average molecular weight is 251 g/mol. The summed E-state index contributed by atoms with van der Waals surface area (Å²) in [5.74, 6) is 1.50. The third-order valence-electron chi connectivity index (χ3n) is 2.86. The maximum atomic E-state index is 8.89. The summed E-state index contributed by atoms with van der Waals surface area (Å²) in [6.07, 6.45) is 2.52. The van der Waals surface area contributed by atoms with Crippen LogP contribution >= 0.6 is 0 Å². The van der Waals surface area contributed by atoms with Crippen LogP contribution < -0.4 is 14.8 Å². The van der Waals surface area contributed by atoms with E-state index in [1.54, 1.807) is 0 Å². The Morgan fingerprint density at radius 2 is 2.17 bits per heavy atom. The molecule has 0 amide bonds. The van der Waals surface area contributed by atoms with Crippen molar-refractivity contribution < 1.29 is 14.6 Å². The molecule has 0 radical (unpaired) electrons. The lowest BCUT2D eigenvalue weighted by Gasteiger charge is -2.15. The standard InChI is InChI=1S/C14H21NO3/c1-2-17-13-5-3-4-11(10-15-12-6-7-12)14(13)18-9-8-16/h3-5,12,15-16H,2,6-10H2,1H3. The first kappa shape index (κ1) is 13.2. The van der Waals surface area contributed by atoms with Crippen molar-refractivity contribution in [3.8, 4) is 11.5 Å². The highest BCUT2D eigenvalue weighted by molar-refractivity contribution is 5.46. The summed E-state index contributed by atoms with van der Waals surface area (Å²) >= 11 is 0. The molecule has 0 heterocycles. The molecule has 0 aliphatic heterocycles. The van der Waals surface area contributed by atoms with Crippen molar-refractivity contribution >= 4 is 0 Å². The normalized spacial score (nSPS) is 14.6. The Kier molecular flexibility index (Phi) is 4.84. The average Bonchev–Trinajstić information content (AvgIpc) is 3.19. The minimum atomic E-state index is 0.00987. The third-order valence-corrected chi connectivity index (χ3v) is 2.86. The van der Waals surface area contributed by atoms with Gasteiger partial charge < -0.3 is 19.9 Å². The summed E-state index contributed by atoms with van der Waals surface area (Å²) in [7, 11) is 0. The van der Waals surface area contributed by atoms with Gasteiger partial charge in [-0.3, -0.25) is 0 Å². The molecule has 0 saturated heterocycles. The van der Waals surface area contributed by atoms with Crippen LogP contribution in [0.15, 0.2) is 18.2 Å². The molecule has 1 saturated carbocycles. The first-order chi connectivity index (χ1) is 8.85. The third kappa shape index (κ3) is 3.62. The summed E-state index contributed by atoms with van der Waals surface area (Å²) in [6.45, 7) is 3.64. The minimum Gasteiger partial charge on any atom is -0.490 e. The van der Waals surface area contributed by atoms with E-state index in [9.17, 15) is 0 Å². The molecule has 1 aromatic carbocycles. The van der Waals surface area contributed by atoms with E-state index in [0.29, 0.717) is 19.3 Å². The van der Waals surface area contributed by atoms with Crippen LogP contribution in [-0.4, -0.2) is 31.0 Å². The molecule has 18 heavy (non-hydrogen) atoms. The first-order valence-corrected chi connectivity index (χ1v) is 6.57. The van der Waals surface area contributed by atoms with E-state index in [-0.39, 0.29) is 6.61 Å². The largest absolute Gasteiger partial charge is 0.490 e. The Bertz CT molecular complexity index is 377. The molecule has 0 aromatic heterocycles. The van der Waals surface area contributed by atoms with Crippen molar-refractivity contribution in [1.29, 1.82) is 0 Å². The van der Waals surface area contributed by atoms with Crippen LogP contribution in [0.1, 0.15) is 25.3 Å². The van der Waals surface area contributed by atoms with E-state index in [1.165, 1.54) is 12.8 Å². The molecule has 0 unspecified atom stereocenters. The predicted molar refractivity (Wildman–Crippen MR) is 70.1 cm³/mol. The van der Waals surface area contributed by atoms with Gasteiger partial charge in [0.1, 0.15) is 6.61 Å². The zero-order valence-corrected chi connectivity index (χ0v) is 10.8. The zero-order chi connectivity index (χ0) is 12.8. The van der Waals surface area contributed by atoms with Gasteiger partial charge in [0.25, 0.3) is 0 Å². The summed E-state index contributed by atoms with van der Waals surface area (Å²) in [4.78, 5) is 0. The maximum Gasteiger partial charge on any atom is 0.165 e.